The molecule has 0 aromatic carbocycles. The Morgan fingerprint density at radius 2 is 1.92 bits per heavy atom. The van der Waals surface area contributed by atoms with Crippen LogP contribution in [-0.4, -0.2) is 41.5 Å². The van der Waals surface area contributed by atoms with Crippen LogP contribution < -0.4 is 0 Å². The fraction of sp³-hybridized carbons (Fsp3) is 1.00. The average molecular weight is 210 g/mol. The molecule has 0 bridgehead atoms. The number of aliphatic hydroxyl groups is 1. The predicted molar refractivity (Wildman–Crippen MR) is 41.0 cm³/mol. The zero-order chi connectivity index (χ0) is 9.47. The number of aliphatic hydroxyl groups excluding tert-OH is 1. The van der Waals surface area contributed by atoms with E-state index in [9.17, 15) is 9.67 Å². The minimum absolute atomic E-state index is 0.187. The fourth-order valence-corrected chi connectivity index (χ4v) is 2.64. The van der Waals surface area contributed by atoms with Gasteiger partial charge in [0.1, 0.15) is 12.2 Å². The fourth-order valence-electron chi connectivity index (χ4n) is 1.49. The Hall–Kier alpha value is 0.0300. The largest absolute Gasteiger partial charge is 0.472 e. The van der Waals surface area contributed by atoms with Gasteiger partial charge in [0.05, 0.1) is 19.3 Å². The third-order valence-electron chi connectivity index (χ3n) is 2.05. The zero-order valence-corrected chi connectivity index (χ0v) is 7.72. The van der Waals surface area contributed by atoms with Crippen LogP contribution in [0.5, 0.6) is 0 Å². The summed E-state index contributed by atoms with van der Waals surface area (Å²) in [5.74, 6) is 0. The molecule has 0 amide bonds. The Bertz CT molecular complexity index is 243. The first-order chi connectivity index (χ1) is 6.07. The third kappa shape index (κ3) is 2.10. The average Bonchev–Trinajstić information content (AvgIpc) is 2.15. The maximum Gasteiger partial charge on any atom is 0.472 e. The number of hydrogen-bond acceptors (Lipinski definition) is 5. The highest BCUT2D eigenvalue weighted by atomic mass is 31.2. The van der Waals surface area contributed by atoms with Crippen LogP contribution in [0.3, 0.4) is 0 Å². The van der Waals surface area contributed by atoms with Crippen LogP contribution in [0.25, 0.3) is 0 Å². The molecule has 2 aliphatic rings. The molecule has 0 aromatic heterocycles. The molecule has 2 unspecified atom stereocenters. The Kier molecular flexibility index (Phi) is 2.44. The number of hydrogen-bond donors (Lipinski definition) is 2. The molecule has 0 aromatic rings. The molecule has 2 fully saturated rings. The highest BCUT2D eigenvalue weighted by Crippen LogP contribution is 2.53. The molecule has 0 spiro atoms. The summed E-state index contributed by atoms with van der Waals surface area (Å²) in [5, 5.41) is 9.27. The summed E-state index contributed by atoms with van der Waals surface area (Å²) < 4.78 is 25.5. The van der Waals surface area contributed by atoms with Gasteiger partial charge in [-0.05, 0) is 0 Å². The van der Waals surface area contributed by atoms with E-state index in [1.807, 2.05) is 0 Å². The van der Waals surface area contributed by atoms with Crippen LogP contribution in [0, 0.1) is 0 Å². The molecule has 0 aliphatic carbocycles. The minimum Gasteiger partial charge on any atom is -0.391 e. The van der Waals surface area contributed by atoms with E-state index in [1.54, 1.807) is 0 Å². The maximum absolute atomic E-state index is 11.0. The molecule has 76 valence electrons. The molecule has 7 heteroatoms. The summed E-state index contributed by atoms with van der Waals surface area (Å²) in [4.78, 5) is 8.98. The van der Waals surface area contributed by atoms with Gasteiger partial charge in [-0.15, -0.1) is 0 Å². The van der Waals surface area contributed by atoms with Gasteiger partial charge in [0.25, 0.3) is 0 Å². The SMILES string of the molecule is O=P1(O)O[C@H]2COCC(O)C[C@H]2O1. The van der Waals surface area contributed by atoms with E-state index in [-0.39, 0.29) is 19.6 Å². The molecular weight excluding hydrogens is 199 g/mol. The van der Waals surface area contributed by atoms with Crippen molar-refractivity contribution in [2.75, 3.05) is 13.2 Å². The molecule has 2 heterocycles. The van der Waals surface area contributed by atoms with Gasteiger partial charge in [0, 0.05) is 6.42 Å². The summed E-state index contributed by atoms with van der Waals surface area (Å²) in [5.41, 5.74) is 0. The molecule has 6 nitrogen and oxygen atoms in total. The second-order valence-electron chi connectivity index (χ2n) is 3.18. The quantitative estimate of drug-likeness (QED) is 0.531. The Morgan fingerprint density at radius 1 is 1.23 bits per heavy atom. The van der Waals surface area contributed by atoms with Crippen LogP contribution in [0.4, 0.5) is 0 Å². The van der Waals surface area contributed by atoms with Gasteiger partial charge in [-0.3, -0.25) is 9.05 Å². The first-order valence-electron chi connectivity index (χ1n) is 4.02. The number of phosphoric acid groups is 1. The van der Waals surface area contributed by atoms with Crippen molar-refractivity contribution in [2.24, 2.45) is 0 Å². The first kappa shape index (κ1) is 9.58. The number of rotatable bonds is 0. The van der Waals surface area contributed by atoms with E-state index in [1.165, 1.54) is 0 Å². The van der Waals surface area contributed by atoms with Crippen molar-refractivity contribution in [3.63, 3.8) is 0 Å². The van der Waals surface area contributed by atoms with E-state index in [4.69, 9.17) is 18.7 Å². The molecule has 2 saturated heterocycles. The van der Waals surface area contributed by atoms with E-state index in [0.717, 1.165) is 0 Å². The molecular formula is C6H11O6P. The van der Waals surface area contributed by atoms with E-state index >= 15 is 0 Å². The lowest BCUT2D eigenvalue weighted by molar-refractivity contribution is 0.0286. The topological polar surface area (TPSA) is 85.2 Å². The molecule has 4 atom stereocenters. The van der Waals surface area contributed by atoms with Crippen molar-refractivity contribution < 1.29 is 28.3 Å². The highest BCUT2D eigenvalue weighted by Gasteiger charge is 2.45. The number of phosphoric ester groups is 1. The van der Waals surface area contributed by atoms with Crippen LogP contribution in [-0.2, 0) is 18.3 Å². The van der Waals surface area contributed by atoms with Crippen LogP contribution in [0.1, 0.15) is 6.42 Å². The van der Waals surface area contributed by atoms with Gasteiger partial charge in [0.2, 0.25) is 0 Å². The third-order valence-corrected chi connectivity index (χ3v) is 3.12. The van der Waals surface area contributed by atoms with E-state index in [0.29, 0.717) is 0 Å². The first-order valence-corrected chi connectivity index (χ1v) is 5.52. The summed E-state index contributed by atoms with van der Waals surface area (Å²) in [6.45, 7) is 0.404. The van der Waals surface area contributed by atoms with Crippen molar-refractivity contribution in [3.8, 4) is 0 Å². The predicted octanol–water partition coefficient (Wildman–Crippen LogP) is -0.348. The van der Waals surface area contributed by atoms with Crippen molar-refractivity contribution >= 4 is 7.82 Å². The molecule has 0 radical (unpaired) electrons. The van der Waals surface area contributed by atoms with Crippen LogP contribution in [0.15, 0.2) is 0 Å². The van der Waals surface area contributed by atoms with Gasteiger partial charge in [-0.2, -0.15) is 0 Å². The lowest BCUT2D eigenvalue weighted by Gasteiger charge is -2.10. The van der Waals surface area contributed by atoms with Crippen molar-refractivity contribution in [3.05, 3.63) is 0 Å². The van der Waals surface area contributed by atoms with E-state index < -0.39 is 26.1 Å². The van der Waals surface area contributed by atoms with Crippen LogP contribution in [0.2, 0.25) is 0 Å². The Morgan fingerprint density at radius 3 is 2.69 bits per heavy atom. The smallest absolute Gasteiger partial charge is 0.391 e. The standard InChI is InChI=1S/C6H11O6P/c7-4-1-5-6(3-10-2-4)12-13(8,9)11-5/h4-7H,1-3H2,(H,8,9)/t4?,5-,6+/m1/s1. The Balaban J connectivity index is 2.08. The van der Waals surface area contributed by atoms with Gasteiger partial charge in [0.15, 0.2) is 0 Å². The molecule has 2 N–H and O–H groups in total. The van der Waals surface area contributed by atoms with E-state index in [2.05, 4.69) is 0 Å². The Labute approximate surface area is 75.0 Å². The lowest BCUT2D eigenvalue weighted by atomic mass is 10.1. The zero-order valence-electron chi connectivity index (χ0n) is 6.83. The van der Waals surface area contributed by atoms with Crippen LogP contribution >= 0.6 is 7.82 Å². The van der Waals surface area contributed by atoms with Crippen molar-refractivity contribution in [1.82, 2.24) is 0 Å². The normalized spacial score (nSPS) is 51.4. The summed E-state index contributed by atoms with van der Waals surface area (Å²) in [6, 6.07) is 0. The van der Waals surface area contributed by atoms with Crippen molar-refractivity contribution in [2.45, 2.75) is 24.7 Å². The summed E-state index contributed by atoms with van der Waals surface area (Å²) in [7, 11) is -3.89. The molecule has 13 heavy (non-hydrogen) atoms. The number of fused-ring (bicyclic) bond motifs is 1. The molecule has 2 aliphatic heterocycles. The van der Waals surface area contributed by atoms with Crippen molar-refractivity contribution in [1.29, 1.82) is 0 Å². The summed E-state index contributed by atoms with van der Waals surface area (Å²) in [6.07, 6.45) is -1.45. The monoisotopic (exact) mass is 210 g/mol. The second-order valence-corrected chi connectivity index (χ2v) is 4.54. The molecule has 2 rings (SSSR count). The van der Waals surface area contributed by atoms with Gasteiger partial charge < -0.3 is 14.7 Å². The lowest BCUT2D eigenvalue weighted by Crippen LogP contribution is -2.26. The van der Waals surface area contributed by atoms with Gasteiger partial charge >= 0.3 is 7.82 Å². The number of ether oxygens (including phenoxy) is 1. The van der Waals surface area contributed by atoms with Gasteiger partial charge in [-0.25, -0.2) is 4.57 Å². The van der Waals surface area contributed by atoms with Gasteiger partial charge in [-0.1, -0.05) is 0 Å². The maximum atomic E-state index is 11.0. The minimum atomic E-state index is -3.89. The second kappa shape index (κ2) is 3.31. The summed E-state index contributed by atoms with van der Waals surface area (Å²) >= 11 is 0. The molecule has 0 saturated carbocycles. The highest BCUT2D eigenvalue weighted by molar-refractivity contribution is 7.47.